The van der Waals surface area contributed by atoms with Gasteiger partial charge in [-0.3, -0.25) is 4.79 Å². The van der Waals surface area contributed by atoms with Crippen molar-refractivity contribution in [2.24, 2.45) is 0 Å². The Balaban J connectivity index is 2.88. The van der Waals surface area contributed by atoms with E-state index in [9.17, 15) is 4.79 Å². The Morgan fingerprint density at radius 1 is 1.00 bits per heavy atom. The first kappa shape index (κ1) is 13.5. The van der Waals surface area contributed by atoms with Crippen LogP contribution in [0.4, 0.5) is 0 Å². The van der Waals surface area contributed by atoms with Crippen molar-refractivity contribution < 1.29 is 9.90 Å². The van der Waals surface area contributed by atoms with Gasteiger partial charge in [0, 0.05) is 0 Å². The largest absolute Gasteiger partial charge is 0.481 e. The van der Waals surface area contributed by atoms with E-state index in [-0.39, 0.29) is 0 Å². The fourth-order valence-corrected chi connectivity index (χ4v) is 1.43. The zero-order valence-electron chi connectivity index (χ0n) is 9.00. The number of unbranched alkanes of at least 4 members (excludes halogenated alkanes) is 8. The number of carboxylic acid groups (broad SMARTS) is 1. The highest BCUT2D eigenvalue weighted by Crippen LogP contribution is 2.09. The van der Waals surface area contributed by atoms with E-state index in [1.165, 1.54) is 38.5 Å². The predicted molar refractivity (Wildman–Crippen MR) is 58.8 cm³/mol. The van der Waals surface area contributed by atoms with E-state index in [4.69, 9.17) is 5.11 Å². The maximum Gasteiger partial charge on any atom is 0.307 e. The van der Waals surface area contributed by atoms with Gasteiger partial charge in [-0.05, 0) is 6.42 Å². The van der Waals surface area contributed by atoms with Gasteiger partial charge >= 0.3 is 5.97 Å². The third-order valence-electron chi connectivity index (χ3n) is 2.27. The van der Waals surface area contributed by atoms with E-state index >= 15 is 0 Å². The van der Waals surface area contributed by atoms with Crippen molar-refractivity contribution in [1.82, 2.24) is 0 Å². The SMILES string of the molecule is [CH2]CCCCCCCCC[CH]C(=O)O. The number of carboxylic acids is 1. The Morgan fingerprint density at radius 2 is 1.50 bits per heavy atom. The maximum absolute atomic E-state index is 10.1. The molecule has 82 valence electrons. The Hall–Kier alpha value is -0.530. The zero-order chi connectivity index (χ0) is 10.6. The molecule has 2 heteroatoms. The van der Waals surface area contributed by atoms with E-state index in [1.54, 1.807) is 0 Å². The van der Waals surface area contributed by atoms with Gasteiger partial charge < -0.3 is 5.11 Å². The summed E-state index contributed by atoms with van der Waals surface area (Å²) in [6.07, 6.45) is 11.7. The van der Waals surface area contributed by atoms with Crippen molar-refractivity contribution in [3.8, 4) is 0 Å². The lowest BCUT2D eigenvalue weighted by molar-refractivity contribution is -0.133. The number of rotatable bonds is 10. The van der Waals surface area contributed by atoms with Crippen LogP contribution in [0.1, 0.15) is 57.8 Å². The third kappa shape index (κ3) is 11.5. The van der Waals surface area contributed by atoms with Gasteiger partial charge in [0.25, 0.3) is 0 Å². The van der Waals surface area contributed by atoms with E-state index < -0.39 is 5.97 Å². The van der Waals surface area contributed by atoms with Gasteiger partial charge in [0.05, 0.1) is 6.42 Å². The second kappa shape index (κ2) is 10.6. The molecule has 0 heterocycles. The van der Waals surface area contributed by atoms with Crippen LogP contribution in [-0.2, 0) is 4.79 Å². The number of hydrogen-bond donors (Lipinski definition) is 1. The van der Waals surface area contributed by atoms with Crippen LogP contribution >= 0.6 is 0 Å². The van der Waals surface area contributed by atoms with Crippen molar-refractivity contribution >= 4 is 5.97 Å². The highest BCUT2D eigenvalue weighted by atomic mass is 16.4. The van der Waals surface area contributed by atoms with Crippen molar-refractivity contribution in [2.75, 3.05) is 0 Å². The van der Waals surface area contributed by atoms with Gasteiger partial charge in [0.1, 0.15) is 0 Å². The molecule has 0 saturated carbocycles. The van der Waals surface area contributed by atoms with Gasteiger partial charge in [0.2, 0.25) is 0 Å². The summed E-state index contributed by atoms with van der Waals surface area (Å²) in [5.41, 5.74) is 0. The second-order valence-electron chi connectivity index (χ2n) is 3.66. The molecule has 1 N–H and O–H groups in total. The average Bonchev–Trinajstić information content (AvgIpc) is 2.15. The lowest BCUT2D eigenvalue weighted by atomic mass is 10.1. The van der Waals surface area contributed by atoms with E-state index in [0.717, 1.165) is 19.3 Å². The zero-order valence-corrected chi connectivity index (χ0v) is 9.00. The summed E-state index contributed by atoms with van der Waals surface area (Å²) in [5, 5.41) is 8.35. The Bertz CT molecular complexity index is 132. The topological polar surface area (TPSA) is 37.3 Å². The fraction of sp³-hybridized carbons (Fsp3) is 0.750. The molecule has 0 amide bonds. The molecule has 0 atom stereocenters. The van der Waals surface area contributed by atoms with Crippen LogP contribution in [0.25, 0.3) is 0 Å². The smallest absolute Gasteiger partial charge is 0.307 e. The number of hydrogen-bond acceptors (Lipinski definition) is 1. The Labute approximate surface area is 87.7 Å². The molecule has 0 aromatic carbocycles. The molecule has 0 rings (SSSR count). The molecule has 14 heavy (non-hydrogen) atoms. The first-order valence-corrected chi connectivity index (χ1v) is 5.62. The summed E-state index contributed by atoms with van der Waals surface area (Å²) in [7, 11) is 0. The molecule has 0 unspecified atom stereocenters. The van der Waals surface area contributed by atoms with Gasteiger partial charge in [-0.25, -0.2) is 0 Å². The minimum Gasteiger partial charge on any atom is -0.481 e. The fourth-order valence-electron chi connectivity index (χ4n) is 1.43. The minimum absolute atomic E-state index is 0.716. The summed E-state index contributed by atoms with van der Waals surface area (Å²) < 4.78 is 0. The van der Waals surface area contributed by atoms with Crippen LogP contribution in [0.15, 0.2) is 0 Å². The number of aliphatic carboxylic acids is 1. The van der Waals surface area contributed by atoms with Crippen molar-refractivity contribution in [3.05, 3.63) is 13.3 Å². The first-order valence-electron chi connectivity index (χ1n) is 5.62. The van der Waals surface area contributed by atoms with Gasteiger partial charge in [-0.1, -0.05) is 58.3 Å². The maximum atomic E-state index is 10.1. The highest BCUT2D eigenvalue weighted by molar-refractivity contribution is 5.76. The van der Waals surface area contributed by atoms with Crippen LogP contribution in [0.5, 0.6) is 0 Å². The Kier molecular flexibility index (Phi) is 10.2. The third-order valence-corrected chi connectivity index (χ3v) is 2.27. The summed E-state index contributed by atoms with van der Waals surface area (Å²) in [4.78, 5) is 10.1. The molecule has 0 spiro atoms. The van der Waals surface area contributed by atoms with Crippen LogP contribution in [-0.4, -0.2) is 11.1 Å². The number of carbonyl (C=O) groups is 1. The summed E-state index contributed by atoms with van der Waals surface area (Å²) in [5.74, 6) is -0.791. The predicted octanol–water partition coefficient (Wildman–Crippen LogP) is 3.62. The lowest BCUT2D eigenvalue weighted by Gasteiger charge is -2.00. The molecule has 2 nitrogen and oxygen atoms in total. The molecule has 2 radical (unpaired) electrons. The van der Waals surface area contributed by atoms with E-state index in [2.05, 4.69) is 6.92 Å². The van der Waals surface area contributed by atoms with Crippen molar-refractivity contribution in [1.29, 1.82) is 0 Å². The highest BCUT2D eigenvalue weighted by Gasteiger charge is 1.96. The van der Waals surface area contributed by atoms with Gasteiger partial charge in [0.15, 0.2) is 0 Å². The van der Waals surface area contributed by atoms with E-state index in [0.29, 0.717) is 6.42 Å². The molecule has 0 saturated heterocycles. The first-order chi connectivity index (χ1) is 6.77. The van der Waals surface area contributed by atoms with Gasteiger partial charge in [-0.15, -0.1) is 0 Å². The summed E-state index contributed by atoms with van der Waals surface area (Å²) in [6, 6.07) is 0. The van der Waals surface area contributed by atoms with Crippen LogP contribution in [0.3, 0.4) is 0 Å². The Morgan fingerprint density at radius 3 is 2.00 bits per heavy atom. The molecule has 0 bridgehead atoms. The minimum atomic E-state index is -0.791. The van der Waals surface area contributed by atoms with Crippen LogP contribution in [0, 0.1) is 13.3 Å². The molecule has 0 aromatic heterocycles. The van der Waals surface area contributed by atoms with Gasteiger partial charge in [-0.2, -0.15) is 0 Å². The van der Waals surface area contributed by atoms with Crippen LogP contribution in [0.2, 0.25) is 0 Å². The second-order valence-corrected chi connectivity index (χ2v) is 3.66. The van der Waals surface area contributed by atoms with Crippen molar-refractivity contribution in [2.45, 2.75) is 57.8 Å². The van der Waals surface area contributed by atoms with Crippen LogP contribution < -0.4 is 0 Å². The monoisotopic (exact) mass is 198 g/mol. The summed E-state index contributed by atoms with van der Waals surface area (Å²) >= 11 is 0. The lowest BCUT2D eigenvalue weighted by Crippen LogP contribution is -1.94. The molecule has 0 aliphatic rings. The molecule has 0 aliphatic heterocycles. The summed E-state index contributed by atoms with van der Waals surface area (Å²) in [6.45, 7) is 3.80. The molecule has 0 fully saturated rings. The standard InChI is InChI=1S/C12H22O2/c1-2-3-4-5-6-7-8-9-10-11-12(13)14/h11H,1-10H2,(H,13,14). The van der Waals surface area contributed by atoms with E-state index in [1.807, 2.05) is 0 Å². The molecular formula is C12H22O2. The quantitative estimate of drug-likeness (QED) is 0.544. The molecule has 0 aromatic rings. The van der Waals surface area contributed by atoms with Crippen molar-refractivity contribution in [3.63, 3.8) is 0 Å². The molecule has 0 aliphatic carbocycles. The average molecular weight is 198 g/mol. The molecular weight excluding hydrogens is 176 g/mol. The normalized spacial score (nSPS) is 10.4.